The van der Waals surface area contributed by atoms with Crippen LogP contribution in [-0.4, -0.2) is 29.2 Å². The smallest absolute Gasteiger partial charge is 0.410 e. The lowest BCUT2D eigenvalue weighted by molar-refractivity contribution is -0.00857. The van der Waals surface area contributed by atoms with Gasteiger partial charge in [-0.2, -0.15) is 0 Å². The molecular weight excluding hydrogens is 278 g/mol. The lowest BCUT2D eigenvalue weighted by atomic mass is 9.89. The second kappa shape index (κ2) is 6.62. The van der Waals surface area contributed by atoms with Gasteiger partial charge >= 0.3 is 6.09 Å². The van der Waals surface area contributed by atoms with Crippen molar-refractivity contribution in [2.75, 3.05) is 13.1 Å². The highest BCUT2D eigenvalue weighted by Crippen LogP contribution is 2.30. The van der Waals surface area contributed by atoms with Gasteiger partial charge in [-0.3, -0.25) is 0 Å². The Hall–Kier alpha value is -2.33. The number of carbonyl (C=O) groups is 1. The van der Waals surface area contributed by atoms with Crippen LogP contribution in [0.4, 0.5) is 4.79 Å². The molecule has 0 aliphatic carbocycles. The first-order chi connectivity index (χ1) is 10.7. The van der Waals surface area contributed by atoms with Crippen LogP contribution in [0, 0.1) is 5.92 Å². The molecule has 1 fully saturated rings. The molecule has 4 nitrogen and oxygen atoms in total. The summed E-state index contributed by atoms with van der Waals surface area (Å²) in [6.45, 7) is 1.34. The highest BCUT2D eigenvalue weighted by Gasteiger charge is 2.36. The quantitative estimate of drug-likeness (QED) is 0.944. The molecule has 0 spiro atoms. The van der Waals surface area contributed by atoms with Gasteiger partial charge in [0.2, 0.25) is 0 Å². The summed E-state index contributed by atoms with van der Waals surface area (Å²) in [7, 11) is 0. The van der Waals surface area contributed by atoms with Gasteiger partial charge in [0.15, 0.2) is 0 Å². The van der Waals surface area contributed by atoms with E-state index in [1.54, 1.807) is 4.90 Å². The lowest BCUT2D eigenvalue weighted by Crippen LogP contribution is -2.52. The molecule has 3 rings (SSSR count). The minimum absolute atomic E-state index is 0.0756. The first-order valence-corrected chi connectivity index (χ1v) is 7.42. The van der Waals surface area contributed by atoms with Crippen molar-refractivity contribution in [3.63, 3.8) is 0 Å². The summed E-state index contributed by atoms with van der Waals surface area (Å²) in [6, 6.07) is 19.1. The first-order valence-electron chi connectivity index (χ1n) is 7.42. The van der Waals surface area contributed by atoms with E-state index in [1.165, 1.54) is 0 Å². The number of amides is 1. The van der Waals surface area contributed by atoms with Gasteiger partial charge in [-0.1, -0.05) is 60.7 Å². The zero-order chi connectivity index (χ0) is 15.4. The fraction of sp³-hybridized carbons (Fsp3) is 0.278. The van der Waals surface area contributed by atoms with Crippen LogP contribution in [0.2, 0.25) is 0 Å². The Morgan fingerprint density at radius 3 is 2.32 bits per heavy atom. The molecule has 1 aliphatic rings. The molecule has 1 atom stereocenters. The summed E-state index contributed by atoms with van der Waals surface area (Å²) in [5.41, 5.74) is 1.86. The van der Waals surface area contributed by atoms with Gasteiger partial charge in [-0.05, 0) is 11.1 Å². The number of hydrogen-bond acceptors (Lipinski definition) is 3. The molecule has 1 unspecified atom stereocenters. The Morgan fingerprint density at radius 2 is 1.68 bits per heavy atom. The van der Waals surface area contributed by atoms with E-state index in [0.717, 1.165) is 11.1 Å². The summed E-state index contributed by atoms with van der Waals surface area (Å²) in [5.74, 6) is 0.0756. The van der Waals surface area contributed by atoms with Crippen LogP contribution in [0.25, 0.3) is 0 Å². The van der Waals surface area contributed by atoms with Crippen molar-refractivity contribution in [3.8, 4) is 0 Å². The molecule has 114 valence electrons. The number of benzene rings is 2. The number of aliphatic hydroxyl groups excluding tert-OH is 1. The summed E-state index contributed by atoms with van der Waals surface area (Å²) in [5, 5.41) is 10.3. The Kier molecular flexibility index (Phi) is 4.39. The fourth-order valence-corrected chi connectivity index (χ4v) is 2.59. The maximum Gasteiger partial charge on any atom is 0.410 e. The maximum absolute atomic E-state index is 11.9. The molecule has 0 saturated carbocycles. The first kappa shape index (κ1) is 14.6. The van der Waals surface area contributed by atoms with Crippen LogP contribution in [-0.2, 0) is 11.3 Å². The molecule has 1 saturated heterocycles. The minimum atomic E-state index is -0.528. The van der Waals surface area contributed by atoms with Gasteiger partial charge in [0.05, 0.1) is 6.10 Å². The normalized spacial score (nSPS) is 16.0. The van der Waals surface area contributed by atoms with E-state index in [4.69, 9.17) is 4.74 Å². The number of carbonyl (C=O) groups excluding carboxylic acids is 1. The topological polar surface area (TPSA) is 49.8 Å². The third-order valence-electron chi connectivity index (χ3n) is 3.96. The predicted octanol–water partition coefficient (Wildman–Crippen LogP) is 2.99. The Bertz CT molecular complexity index is 609. The molecule has 22 heavy (non-hydrogen) atoms. The zero-order valence-electron chi connectivity index (χ0n) is 12.3. The molecule has 0 aromatic heterocycles. The molecule has 0 bridgehead atoms. The van der Waals surface area contributed by atoms with Crippen LogP contribution in [0.15, 0.2) is 60.7 Å². The molecular formula is C18H19NO3. The number of nitrogens with zero attached hydrogens (tertiary/aromatic N) is 1. The Balaban J connectivity index is 1.46. The van der Waals surface area contributed by atoms with Crippen molar-refractivity contribution in [2.45, 2.75) is 12.7 Å². The van der Waals surface area contributed by atoms with Gasteiger partial charge in [0, 0.05) is 19.0 Å². The molecule has 1 aliphatic heterocycles. The number of aliphatic hydroxyl groups is 1. The van der Waals surface area contributed by atoms with E-state index in [1.807, 2.05) is 60.7 Å². The highest BCUT2D eigenvalue weighted by molar-refractivity contribution is 5.68. The molecule has 4 heteroatoms. The number of likely N-dealkylation sites (tertiary alicyclic amines) is 1. The SMILES string of the molecule is O=C(OCc1ccccc1)N1CC(C(O)c2ccccc2)C1. The predicted molar refractivity (Wildman–Crippen MR) is 83.1 cm³/mol. The zero-order valence-corrected chi connectivity index (χ0v) is 12.3. The van der Waals surface area contributed by atoms with Gasteiger partial charge in [0.1, 0.15) is 6.61 Å². The second-order valence-corrected chi connectivity index (χ2v) is 5.56. The molecule has 1 N–H and O–H groups in total. The van der Waals surface area contributed by atoms with Crippen molar-refractivity contribution in [1.29, 1.82) is 0 Å². The summed E-state index contributed by atoms with van der Waals surface area (Å²) in [4.78, 5) is 13.6. The van der Waals surface area contributed by atoms with Crippen LogP contribution in [0.1, 0.15) is 17.2 Å². The van der Waals surface area contributed by atoms with Gasteiger partial charge in [-0.15, -0.1) is 0 Å². The molecule has 0 radical (unpaired) electrons. The largest absolute Gasteiger partial charge is 0.445 e. The third-order valence-corrected chi connectivity index (χ3v) is 3.96. The number of hydrogen-bond donors (Lipinski definition) is 1. The van der Waals surface area contributed by atoms with E-state index in [-0.39, 0.29) is 18.6 Å². The van der Waals surface area contributed by atoms with Gasteiger partial charge < -0.3 is 14.7 Å². The second-order valence-electron chi connectivity index (χ2n) is 5.56. The van der Waals surface area contributed by atoms with Crippen molar-refractivity contribution in [1.82, 2.24) is 4.90 Å². The summed E-state index contributed by atoms with van der Waals surface area (Å²) >= 11 is 0. The van der Waals surface area contributed by atoms with Crippen LogP contribution in [0.5, 0.6) is 0 Å². The fourth-order valence-electron chi connectivity index (χ4n) is 2.59. The van der Waals surface area contributed by atoms with E-state index >= 15 is 0 Å². The van der Waals surface area contributed by atoms with E-state index < -0.39 is 6.10 Å². The van der Waals surface area contributed by atoms with E-state index in [2.05, 4.69) is 0 Å². The third kappa shape index (κ3) is 3.28. The van der Waals surface area contributed by atoms with Crippen molar-refractivity contribution in [2.24, 2.45) is 5.92 Å². The van der Waals surface area contributed by atoms with Crippen molar-refractivity contribution >= 4 is 6.09 Å². The standard InChI is InChI=1S/C18H19NO3/c20-17(15-9-5-2-6-10-15)16-11-19(12-16)18(21)22-13-14-7-3-1-4-8-14/h1-10,16-17,20H,11-13H2. The average Bonchev–Trinajstić information content (AvgIpc) is 2.53. The van der Waals surface area contributed by atoms with Gasteiger partial charge in [0.25, 0.3) is 0 Å². The average molecular weight is 297 g/mol. The maximum atomic E-state index is 11.9. The van der Waals surface area contributed by atoms with Crippen LogP contribution in [0.3, 0.4) is 0 Å². The van der Waals surface area contributed by atoms with Crippen LogP contribution >= 0.6 is 0 Å². The molecule has 1 heterocycles. The lowest BCUT2D eigenvalue weighted by Gasteiger charge is -2.40. The van der Waals surface area contributed by atoms with E-state index in [9.17, 15) is 9.90 Å². The van der Waals surface area contributed by atoms with Crippen LogP contribution < -0.4 is 0 Å². The highest BCUT2D eigenvalue weighted by atomic mass is 16.6. The number of rotatable bonds is 4. The molecule has 2 aromatic carbocycles. The summed E-state index contributed by atoms with van der Waals surface area (Å²) in [6.07, 6.45) is -0.847. The molecule has 2 aromatic rings. The summed E-state index contributed by atoms with van der Waals surface area (Å²) < 4.78 is 5.27. The van der Waals surface area contributed by atoms with Gasteiger partial charge in [-0.25, -0.2) is 4.79 Å². The molecule has 1 amide bonds. The monoisotopic (exact) mass is 297 g/mol. The number of ether oxygens (including phenoxy) is 1. The van der Waals surface area contributed by atoms with E-state index in [0.29, 0.717) is 13.1 Å². The Labute approximate surface area is 130 Å². The Morgan fingerprint density at radius 1 is 1.09 bits per heavy atom. The van der Waals surface area contributed by atoms with Crippen molar-refractivity contribution < 1.29 is 14.6 Å². The minimum Gasteiger partial charge on any atom is -0.445 e. The van der Waals surface area contributed by atoms with Crippen molar-refractivity contribution in [3.05, 3.63) is 71.8 Å².